The summed E-state index contributed by atoms with van der Waals surface area (Å²) in [4.78, 5) is 16.6. The summed E-state index contributed by atoms with van der Waals surface area (Å²) in [6, 6.07) is 16.1. The van der Waals surface area contributed by atoms with Gasteiger partial charge in [-0.05, 0) is 24.3 Å². The number of aliphatic hydroxyl groups is 1. The number of aromatic nitrogens is 1. The van der Waals surface area contributed by atoms with Gasteiger partial charge in [-0.2, -0.15) is 0 Å². The van der Waals surface area contributed by atoms with E-state index < -0.39 is 5.44 Å². The molecule has 0 spiro atoms. The highest BCUT2D eigenvalue weighted by Gasteiger charge is 2.17. The third-order valence-corrected chi connectivity index (χ3v) is 5.50. The van der Waals surface area contributed by atoms with Crippen LogP contribution in [-0.2, 0) is 0 Å². The van der Waals surface area contributed by atoms with Gasteiger partial charge in [0, 0.05) is 6.07 Å². The maximum atomic E-state index is 12.1. The number of para-hydroxylation sites is 2. The summed E-state index contributed by atoms with van der Waals surface area (Å²) in [5, 5.41) is 10.9. The molecule has 4 nitrogen and oxygen atoms in total. The lowest BCUT2D eigenvalue weighted by Crippen LogP contribution is -2.04. The first kappa shape index (κ1) is 14.4. The van der Waals surface area contributed by atoms with Crippen LogP contribution in [0.4, 0.5) is 0 Å². The Hall–Kier alpha value is -2.15. The van der Waals surface area contributed by atoms with Gasteiger partial charge in [-0.25, -0.2) is 4.98 Å². The van der Waals surface area contributed by atoms with Crippen molar-refractivity contribution in [3.05, 3.63) is 70.6 Å². The van der Waals surface area contributed by atoms with E-state index in [2.05, 4.69) is 4.98 Å². The van der Waals surface area contributed by atoms with Crippen molar-refractivity contribution in [1.29, 1.82) is 0 Å². The van der Waals surface area contributed by atoms with Crippen molar-refractivity contribution in [3.63, 3.8) is 0 Å². The predicted octanol–water partition coefficient (Wildman–Crippen LogP) is 4.19. The highest BCUT2D eigenvalue weighted by molar-refractivity contribution is 8.01. The molecule has 6 heteroatoms. The molecule has 4 aromatic rings. The first-order valence-corrected chi connectivity index (χ1v) is 8.63. The van der Waals surface area contributed by atoms with Gasteiger partial charge < -0.3 is 9.52 Å². The zero-order valence-electron chi connectivity index (χ0n) is 11.8. The van der Waals surface area contributed by atoms with Crippen LogP contribution in [0.15, 0.2) is 68.1 Å². The number of nitrogens with zero attached hydrogens (tertiary/aromatic N) is 1. The minimum absolute atomic E-state index is 0.161. The van der Waals surface area contributed by atoms with Gasteiger partial charge in [0.25, 0.3) is 0 Å². The van der Waals surface area contributed by atoms with Crippen molar-refractivity contribution in [1.82, 2.24) is 4.98 Å². The van der Waals surface area contributed by atoms with E-state index in [4.69, 9.17) is 4.42 Å². The van der Waals surface area contributed by atoms with E-state index in [0.29, 0.717) is 11.0 Å². The Morgan fingerprint density at radius 1 is 1.13 bits per heavy atom. The Balaban J connectivity index is 1.68. The molecule has 1 atom stereocenters. The summed E-state index contributed by atoms with van der Waals surface area (Å²) in [7, 11) is 0. The molecule has 0 saturated carbocycles. The standard InChI is InChI=1S/C17H11NO3S2/c19-12-9-14(21-13-7-3-1-5-10(12)13)16(20)23-17-18-11-6-2-4-8-15(11)22-17/h1-9,16,20H. The van der Waals surface area contributed by atoms with Crippen molar-refractivity contribution >= 4 is 44.3 Å². The van der Waals surface area contributed by atoms with Crippen molar-refractivity contribution < 1.29 is 9.52 Å². The number of aliphatic hydroxyl groups excluding tert-OH is 1. The quantitative estimate of drug-likeness (QED) is 0.447. The van der Waals surface area contributed by atoms with Gasteiger partial charge in [0.2, 0.25) is 0 Å². The van der Waals surface area contributed by atoms with E-state index >= 15 is 0 Å². The van der Waals surface area contributed by atoms with Gasteiger partial charge >= 0.3 is 0 Å². The van der Waals surface area contributed by atoms with Crippen LogP contribution in [0, 0.1) is 0 Å². The van der Waals surface area contributed by atoms with E-state index in [0.717, 1.165) is 14.6 Å². The number of hydrogen-bond donors (Lipinski definition) is 1. The number of hydrogen-bond acceptors (Lipinski definition) is 6. The van der Waals surface area contributed by atoms with Crippen LogP contribution in [0.25, 0.3) is 21.2 Å². The Morgan fingerprint density at radius 2 is 1.91 bits per heavy atom. The second-order valence-corrected chi connectivity index (χ2v) is 7.28. The third kappa shape index (κ3) is 2.76. The molecule has 23 heavy (non-hydrogen) atoms. The van der Waals surface area contributed by atoms with Crippen LogP contribution in [0.2, 0.25) is 0 Å². The molecule has 0 aliphatic carbocycles. The molecule has 0 radical (unpaired) electrons. The van der Waals surface area contributed by atoms with E-state index in [1.54, 1.807) is 24.3 Å². The van der Waals surface area contributed by atoms with Crippen LogP contribution in [0.5, 0.6) is 0 Å². The molecule has 2 aromatic heterocycles. The number of thiazole rings is 1. The number of thioether (sulfide) groups is 1. The third-order valence-electron chi connectivity index (χ3n) is 3.38. The number of fused-ring (bicyclic) bond motifs is 2. The van der Waals surface area contributed by atoms with E-state index in [1.807, 2.05) is 24.3 Å². The van der Waals surface area contributed by atoms with Gasteiger partial charge in [0.1, 0.15) is 11.3 Å². The molecule has 114 valence electrons. The molecule has 0 amide bonds. The maximum absolute atomic E-state index is 12.1. The maximum Gasteiger partial charge on any atom is 0.193 e. The zero-order valence-corrected chi connectivity index (χ0v) is 13.4. The lowest BCUT2D eigenvalue weighted by atomic mass is 10.2. The van der Waals surface area contributed by atoms with Crippen molar-refractivity contribution in [2.75, 3.05) is 0 Å². The fourth-order valence-corrected chi connectivity index (χ4v) is 4.31. The van der Waals surface area contributed by atoms with Crippen LogP contribution in [0.3, 0.4) is 0 Å². The molecule has 2 aromatic carbocycles. The van der Waals surface area contributed by atoms with Crippen LogP contribution >= 0.6 is 23.1 Å². The van der Waals surface area contributed by atoms with Crippen LogP contribution in [0.1, 0.15) is 11.2 Å². The smallest absolute Gasteiger partial charge is 0.193 e. The second kappa shape index (κ2) is 5.81. The van der Waals surface area contributed by atoms with Crippen LogP contribution in [-0.4, -0.2) is 10.1 Å². The van der Waals surface area contributed by atoms with Gasteiger partial charge in [-0.1, -0.05) is 36.0 Å². The summed E-state index contributed by atoms with van der Waals surface area (Å²) < 4.78 is 7.45. The molecule has 4 rings (SSSR count). The molecule has 2 heterocycles. The number of rotatable bonds is 3. The minimum atomic E-state index is -0.979. The average Bonchev–Trinajstić information content (AvgIpc) is 2.97. The summed E-state index contributed by atoms with van der Waals surface area (Å²) in [6.07, 6.45) is 0. The monoisotopic (exact) mass is 341 g/mol. The number of benzene rings is 2. The SMILES string of the molecule is O=c1cc(C(O)Sc2nc3ccccc3s2)oc2ccccc12. The molecule has 0 aliphatic rings. The zero-order chi connectivity index (χ0) is 15.8. The summed E-state index contributed by atoms with van der Waals surface area (Å²) in [5.41, 5.74) is 0.227. The van der Waals surface area contributed by atoms with E-state index in [9.17, 15) is 9.90 Å². The minimum Gasteiger partial charge on any atom is -0.457 e. The summed E-state index contributed by atoms with van der Waals surface area (Å²) >= 11 is 2.67. The lowest BCUT2D eigenvalue weighted by molar-refractivity contribution is 0.237. The molecule has 0 fully saturated rings. The molecule has 1 unspecified atom stereocenters. The molecule has 0 bridgehead atoms. The van der Waals surface area contributed by atoms with Crippen molar-refractivity contribution in [3.8, 4) is 0 Å². The largest absolute Gasteiger partial charge is 0.457 e. The lowest BCUT2D eigenvalue weighted by Gasteiger charge is -2.08. The van der Waals surface area contributed by atoms with Crippen molar-refractivity contribution in [2.45, 2.75) is 9.78 Å². The fraction of sp³-hybridized carbons (Fsp3) is 0.0588. The van der Waals surface area contributed by atoms with Crippen molar-refractivity contribution in [2.24, 2.45) is 0 Å². The Morgan fingerprint density at radius 3 is 2.78 bits per heavy atom. The van der Waals surface area contributed by atoms with E-state index in [-0.39, 0.29) is 11.2 Å². The molecule has 0 aliphatic heterocycles. The second-order valence-electron chi connectivity index (χ2n) is 4.93. The molecule has 1 N–H and O–H groups in total. The average molecular weight is 341 g/mol. The summed E-state index contributed by atoms with van der Waals surface area (Å²) in [6.45, 7) is 0. The van der Waals surface area contributed by atoms with E-state index in [1.165, 1.54) is 29.2 Å². The highest BCUT2D eigenvalue weighted by atomic mass is 32.2. The molecular formula is C17H11NO3S2. The summed E-state index contributed by atoms with van der Waals surface area (Å²) in [5.74, 6) is 0.234. The first-order chi connectivity index (χ1) is 11.2. The molecule has 0 saturated heterocycles. The predicted molar refractivity (Wildman–Crippen MR) is 92.9 cm³/mol. The van der Waals surface area contributed by atoms with Gasteiger partial charge in [0.15, 0.2) is 15.2 Å². The van der Waals surface area contributed by atoms with Gasteiger partial charge in [0.05, 0.1) is 15.6 Å². The normalized spacial score (nSPS) is 12.7. The topological polar surface area (TPSA) is 63.3 Å². The highest BCUT2D eigenvalue weighted by Crippen LogP contribution is 2.37. The first-order valence-electron chi connectivity index (χ1n) is 6.94. The van der Waals surface area contributed by atoms with Gasteiger partial charge in [-0.15, -0.1) is 11.3 Å². The Kier molecular flexibility index (Phi) is 3.65. The molecular weight excluding hydrogens is 330 g/mol. The Bertz CT molecular complexity index is 1020. The van der Waals surface area contributed by atoms with Crippen LogP contribution < -0.4 is 5.43 Å². The van der Waals surface area contributed by atoms with Gasteiger partial charge in [-0.3, -0.25) is 4.79 Å². The Labute approximate surface area is 139 Å². The fourth-order valence-electron chi connectivity index (χ4n) is 2.30.